The SMILES string of the molecule is C=C(CC(C)=Nc1cc(CC)c(CC)cc1C)c1cccc(CC)c1. The first-order valence-electron chi connectivity index (χ1n) is 9.42. The molecule has 25 heavy (non-hydrogen) atoms. The zero-order chi connectivity index (χ0) is 18.4. The molecule has 0 N–H and O–H groups in total. The van der Waals surface area contributed by atoms with Gasteiger partial charge in [0.25, 0.3) is 0 Å². The van der Waals surface area contributed by atoms with Crippen LogP contribution in [0.3, 0.4) is 0 Å². The number of aryl methyl sites for hydroxylation is 4. The first-order chi connectivity index (χ1) is 12.0. The minimum absolute atomic E-state index is 0.809. The second-order valence-electron chi connectivity index (χ2n) is 6.80. The number of rotatable bonds is 7. The van der Waals surface area contributed by atoms with Crippen molar-refractivity contribution < 1.29 is 0 Å². The predicted octanol–water partition coefficient (Wildman–Crippen LogP) is 6.88. The standard InChI is InChI=1S/C24H31N/c1-7-20-11-10-12-23(15-20)17(4)13-19(6)25-24-16-22(9-3)21(8-2)14-18(24)5/h10-12,14-16H,4,7-9,13H2,1-3,5-6H3. The molecule has 0 saturated heterocycles. The molecule has 0 atom stereocenters. The van der Waals surface area contributed by atoms with Gasteiger partial charge in [-0.3, -0.25) is 4.99 Å². The van der Waals surface area contributed by atoms with Gasteiger partial charge in [-0.25, -0.2) is 0 Å². The molecule has 0 amide bonds. The molecule has 2 aromatic rings. The Morgan fingerprint density at radius 2 is 1.64 bits per heavy atom. The molecule has 0 unspecified atom stereocenters. The first-order valence-corrected chi connectivity index (χ1v) is 9.42. The molecule has 132 valence electrons. The molecule has 0 bridgehead atoms. The van der Waals surface area contributed by atoms with E-state index in [2.05, 4.69) is 77.6 Å². The van der Waals surface area contributed by atoms with E-state index in [9.17, 15) is 0 Å². The van der Waals surface area contributed by atoms with E-state index in [1.54, 1.807) is 0 Å². The van der Waals surface area contributed by atoms with Crippen molar-refractivity contribution in [1.82, 2.24) is 0 Å². The number of hydrogen-bond acceptors (Lipinski definition) is 1. The minimum atomic E-state index is 0.809. The van der Waals surface area contributed by atoms with Crippen LogP contribution in [0, 0.1) is 6.92 Å². The Balaban J connectivity index is 2.22. The molecule has 0 saturated carbocycles. The normalized spacial score (nSPS) is 11.6. The van der Waals surface area contributed by atoms with E-state index in [0.717, 1.165) is 42.7 Å². The maximum absolute atomic E-state index is 4.91. The quantitative estimate of drug-likeness (QED) is 0.490. The van der Waals surface area contributed by atoms with Gasteiger partial charge in [0.05, 0.1) is 5.69 Å². The van der Waals surface area contributed by atoms with Crippen molar-refractivity contribution in [1.29, 1.82) is 0 Å². The van der Waals surface area contributed by atoms with Crippen molar-refractivity contribution in [3.05, 3.63) is 70.8 Å². The molecule has 0 radical (unpaired) electrons. The van der Waals surface area contributed by atoms with Crippen LogP contribution in [-0.4, -0.2) is 5.71 Å². The van der Waals surface area contributed by atoms with Crippen LogP contribution < -0.4 is 0 Å². The molecular weight excluding hydrogens is 302 g/mol. The van der Waals surface area contributed by atoms with Gasteiger partial charge in [-0.15, -0.1) is 0 Å². The summed E-state index contributed by atoms with van der Waals surface area (Å²) in [6, 6.07) is 13.2. The van der Waals surface area contributed by atoms with Gasteiger partial charge in [0.2, 0.25) is 0 Å². The molecule has 0 heterocycles. The van der Waals surface area contributed by atoms with Gasteiger partial charge in [-0.1, -0.05) is 57.7 Å². The fourth-order valence-corrected chi connectivity index (χ4v) is 3.25. The van der Waals surface area contributed by atoms with Crippen molar-refractivity contribution in [2.75, 3.05) is 0 Å². The Hall–Kier alpha value is -2.15. The first kappa shape index (κ1) is 19.2. The number of aliphatic imine (C=N–C) groups is 1. The predicted molar refractivity (Wildman–Crippen MR) is 112 cm³/mol. The highest BCUT2D eigenvalue weighted by Crippen LogP contribution is 2.26. The number of hydrogen-bond donors (Lipinski definition) is 0. The zero-order valence-corrected chi connectivity index (χ0v) is 16.4. The molecule has 2 aromatic carbocycles. The molecule has 0 aliphatic carbocycles. The summed E-state index contributed by atoms with van der Waals surface area (Å²) in [7, 11) is 0. The van der Waals surface area contributed by atoms with Crippen molar-refractivity contribution in [2.45, 2.75) is 60.3 Å². The molecule has 0 spiro atoms. The molecule has 2 rings (SSSR count). The lowest BCUT2D eigenvalue weighted by Gasteiger charge is -2.12. The van der Waals surface area contributed by atoms with Gasteiger partial charge < -0.3 is 0 Å². The maximum atomic E-state index is 4.91. The van der Waals surface area contributed by atoms with Gasteiger partial charge in [-0.2, -0.15) is 0 Å². The van der Waals surface area contributed by atoms with Gasteiger partial charge in [0, 0.05) is 12.1 Å². The minimum Gasteiger partial charge on any atom is -0.258 e. The summed E-state index contributed by atoms with van der Waals surface area (Å²) in [5.41, 5.74) is 10.0. The van der Waals surface area contributed by atoms with Crippen LogP contribution in [0.15, 0.2) is 48.0 Å². The van der Waals surface area contributed by atoms with E-state index in [4.69, 9.17) is 4.99 Å². The van der Waals surface area contributed by atoms with E-state index in [1.807, 2.05) is 0 Å². The van der Waals surface area contributed by atoms with Crippen LogP contribution in [0.5, 0.6) is 0 Å². The summed E-state index contributed by atoms with van der Waals surface area (Å²) in [5, 5.41) is 0. The molecular formula is C24H31N. The fourth-order valence-electron chi connectivity index (χ4n) is 3.25. The van der Waals surface area contributed by atoms with Gasteiger partial charge in [0.15, 0.2) is 0 Å². The monoisotopic (exact) mass is 333 g/mol. The summed E-state index contributed by atoms with van der Waals surface area (Å²) >= 11 is 0. The molecule has 0 fully saturated rings. The highest BCUT2D eigenvalue weighted by molar-refractivity contribution is 5.93. The van der Waals surface area contributed by atoms with Crippen molar-refractivity contribution >= 4 is 17.0 Å². The van der Waals surface area contributed by atoms with Gasteiger partial charge in [-0.05, 0) is 72.6 Å². The second kappa shape index (κ2) is 8.80. The average molecular weight is 334 g/mol. The smallest absolute Gasteiger partial charge is 0.0661 e. The third kappa shape index (κ3) is 4.92. The summed E-state index contributed by atoms with van der Waals surface area (Å²) in [6.45, 7) is 15.2. The molecule has 0 aliphatic rings. The van der Waals surface area contributed by atoms with Gasteiger partial charge in [0.1, 0.15) is 0 Å². The Kier molecular flexibility index (Phi) is 6.75. The van der Waals surface area contributed by atoms with Crippen LogP contribution in [0.1, 0.15) is 61.9 Å². The summed E-state index contributed by atoms with van der Waals surface area (Å²) in [4.78, 5) is 4.91. The largest absolute Gasteiger partial charge is 0.258 e. The van der Waals surface area contributed by atoms with Crippen LogP contribution in [0.2, 0.25) is 0 Å². The fraction of sp³-hybridized carbons (Fsp3) is 0.375. The lowest BCUT2D eigenvalue weighted by atomic mass is 9.98. The zero-order valence-electron chi connectivity index (χ0n) is 16.4. The summed E-state index contributed by atoms with van der Waals surface area (Å²) in [5.74, 6) is 0. The van der Waals surface area contributed by atoms with E-state index < -0.39 is 0 Å². The second-order valence-corrected chi connectivity index (χ2v) is 6.80. The number of allylic oxidation sites excluding steroid dienone is 1. The highest BCUT2D eigenvalue weighted by atomic mass is 14.7. The Morgan fingerprint density at radius 3 is 2.28 bits per heavy atom. The maximum Gasteiger partial charge on any atom is 0.0661 e. The third-order valence-electron chi connectivity index (χ3n) is 4.80. The Labute approximate surface area is 153 Å². The van der Waals surface area contributed by atoms with Crippen LogP contribution in [-0.2, 0) is 19.3 Å². The molecule has 0 aromatic heterocycles. The van der Waals surface area contributed by atoms with Crippen molar-refractivity contribution in [2.24, 2.45) is 4.99 Å². The van der Waals surface area contributed by atoms with Crippen LogP contribution >= 0.6 is 0 Å². The van der Waals surface area contributed by atoms with Crippen LogP contribution in [0.4, 0.5) is 5.69 Å². The lowest BCUT2D eigenvalue weighted by molar-refractivity contribution is 1.03. The van der Waals surface area contributed by atoms with Crippen LogP contribution in [0.25, 0.3) is 5.57 Å². The topological polar surface area (TPSA) is 12.4 Å². The van der Waals surface area contributed by atoms with E-state index in [0.29, 0.717) is 0 Å². The number of nitrogens with zero attached hydrogens (tertiary/aromatic N) is 1. The van der Waals surface area contributed by atoms with E-state index in [1.165, 1.54) is 27.8 Å². The van der Waals surface area contributed by atoms with E-state index in [-0.39, 0.29) is 0 Å². The van der Waals surface area contributed by atoms with E-state index >= 15 is 0 Å². The molecule has 1 nitrogen and oxygen atoms in total. The van der Waals surface area contributed by atoms with Crippen molar-refractivity contribution in [3.8, 4) is 0 Å². The van der Waals surface area contributed by atoms with Crippen molar-refractivity contribution in [3.63, 3.8) is 0 Å². The Morgan fingerprint density at radius 1 is 0.960 bits per heavy atom. The third-order valence-corrected chi connectivity index (χ3v) is 4.80. The Bertz CT molecular complexity index is 781. The highest BCUT2D eigenvalue weighted by Gasteiger charge is 2.07. The number of benzene rings is 2. The summed E-state index contributed by atoms with van der Waals surface area (Å²) < 4.78 is 0. The summed E-state index contributed by atoms with van der Waals surface area (Å²) in [6.07, 6.45) is 4.00. The average Bonchev–Trinajstić information content (AvgIpc) is 2.62. The molecule has 0 aliphatic heterocycles. The molecule has 1 heteroatoms. The van der Waals surface area contributed by atoms with Gasteiger partial charge >= 0.3 is 0 Å². The lowest BCUT2D eigenvalue weighted by Crippen LogP contribution is -1.96.